The number of benzene rings is 3. The molecule has 0 aliphatic rings. The molecule has 0 fully saturated rings. The molecule has 6 N–H and O–H groups in total. The molecule has 0 spiro atoms. The quantitative estimate of drug-likeness (QED) is 0.189. The molecule has 0 aromatic heterocycles. The first-order valence-electron chi connectivity index (χ1n) is 10.8. The molecule has 12 nitrogen and oxygen atoms in total. The Morgan fingerprint density at radius 3 is 1.72 bits per heavy atom. The number of quaternary nitrogens is 2. The number of nitrogens with one attached hydrogen (secondary N) is 3. The maximum Gasteiger partial charge on any atom is 0.337 e. The summed E-state index contributed by atoms with van der Waals surface area (Å²) in [5.74, 6) is -1.15. The molecule has 0 aliphatic carbocycles. The van der Waals surface area contributed by atoms with Crippen LogP contribution in [0.4, 0.5) is 28.4 Å². The second-order valence-electron chi connectivity index (χ2n) is 8.29. The molecule has 3 aromatic carbocycles. The summed E-state index contributed by atoms with van der Waals surface area (Å²) in [5.41, 5.74) is 4.99. The highest BCUT2D eigenvalue weighted by molar-refractivity contribution is 6.14. The van der Waals surface area contributed by atoms with E-state index < -0.39 is 16.4 Å². The van der Waals surface area contributed by atoms with Crippen molar-refractivity contribution in [1.82, 2.24) is 0 Å². The maximum atomic E-state index is 12.0. The number of para-hydroxylation sites is 1. The summed E-state index contributed by atoms with van der Waals surface area (Å²) in [6, 6.07) is 15.7. The van der Waals surface area contributed by atoms with Crippen LogP contribution in [-0.4, -0.2) is 55.4 Å². The van der Waals surface area contributed by atoms with Gasteiger partial charge in [-0.15, -0.1) is 0 Å². The molecule has 0 saturated heterocycles. The molecule has 3 aromatic rings. The van der Waals surface area contributed by atoms with Gasteiger partial charge in [-0.25, -0.2) is 15.2 Å². The summed E-state index contributed by atoms with van der Waals surface area (Å²) in [6.45, 7) is 0. The second kappa shape index (κ2) is 11.1. The Kier molecular flexibility index (Phi) is 8.22. The molecular weight excluding hydrogens is 468 g/mol. The molecule has 0 heterocycles. The number of hydrazone groups is 1. The van der Waals surface area contributed by atoms with Crippen molar-refractivity contribution in [3.05, 3.63) is 87.8 Å². The summed E-state index contributed by atoms with van der Waals surface area (Å²) in [6.07, 6.45) is 0. The van der Waals surface area contributed by atoms with Gasteiger partial charge in [0.05, 0.1) is 17.0 Å². The predicted molar refractivity (Wildman–Crippen MR) is 136 cm³/mol. The van der Waals surface area contributed by atoms with Crippen molar-refractivity contribution < 1.29 is 30.8 Å². The number of carbonyl (C=O) groups is 1. The van der Waals surface area contributed by atoms with Gasteiger partial charge >= 0.3 is 5.97 Å². The number of hydrogen-bond donors (Lipinski definition) is 6. The van der Waals surface area contributed by atoms with Crippen molar-refractivity contribution in [3.8, 4) is 0 Å². The van der Waals surface area contributed by atoms with Crippen molar-refractivity contribution in [2.45, 2.75) is 0 Å². The molecule has 3 rings (SSSR count). The first kappa shape index (κ1) is 26.6. The van der Waals surface area contributed by atoms with E-state index >= 15 is 0 Å². The van der Waals surface area contributed by atoms with Crippen molar-refractivity contribution in [3.63, 3.8) is 0 Å². The normalized spacial score (nSPS) is 12.4. The molecule has 0 aliphatic heterocycles. The minimum atomic E-state index is -1.15. The van der Waals surface area contributed by atoms with Crippen molar-refractivity contribution in [1.29, 1.82) is 0 Å². The van der Waals surface area contributed by atoms with E-state index in [0.29, 0.717) is 22.5 Å². The number of hydrogen-bond acceptors (Lipinski definition) is 9. The van der Waals surface area contributed by atoms with E-state index in [1.54, 1.807) is 80.5 Å². The molecule has 2 atom stereocenters. The van der Waals surface area contributed by atoms with Gasteiger partial charge in [-0.3, -0.25) is 5.43 Å². The monoisotopic (exact) mass is 496 g/mol. The zero-order chi connectivity index (χ0) is 26.6. The average Bonchev–Trinajstić information content (AvgIpc) is 2.83. The highest BCUT2D eigenvalue weighted by atomic mass is 16.8. The van der Waals surface area contributed by atoms with Crippen molar-refractivity contribution in [2.24, 2.45) is 5.10 Å². The Balaban J connectivity index is 2.23. The molecule has 36 heavy (non-hydrogen) atoms. The lowest BCUT2D eigenvalue weighted by Crippen LogP contribution is -2.99. The third-order valence-electron chi connectivity index (χ3n) is 5.41. The minimum absolute atomic E-state index is 0.0102. The molecule has 0 bridgehead atoms. The topological polar surface area (TPSA) is 164 Å². The molecular formula is C24H28N6O6. The van der Waals surface area contributed by atoms with Crippen LogP contribution in [0.15, 0.2) is 65.8 Å². The summed E-state index contributed by atoms with van der Waals surface area (Å²) < 4.78 is 0. The van der Waals surface area contributed by atoms with E-state index in [1.165, 1.54) is 18.2 Å². The van der Waals surface area contributed by atoms with E-state index in [0.717, 1.165) is 0 Å². The van der Waals surface area contributed by atoms with Crippen LogP contribution in [0.25, 0.3) is 0 Å². The van der Waals surface area contributed by atoms with Crippen LogP contribution in [0.1, 0.15) is 21.5 Å². The van der Waals surface area contributed by atoms with Gasteiger partial charge in [-0.2, -0.15) is 15.6 Å². The van der Waals surface area contributed by atoms with Gasteiger partial charge in [0.15, 0.2) is 11.4 Å². The highest BCUT2D eigenvalue weighted by Gasteiger charge is 2.20. The smallest absolute Gasteiger partial charge is 0.337 e. The Hall–Kier alpha value is -4.04. The average molecular weight is 497 g/mol. The predicted octanol–water partition coefficient (Wildman–Crippen LogP) is 1.19. The second-order valence-corrected chi connectivity index (χ2v) is 8.29. The maximum absolute atomic E-state index is 12.0. The molecule has 0 saturated carbocycles. The lowest BCUT2D eigenvalue weighted by atomic mass is 10.00. The van der Waals surface area contributed by atoms with Crippen LogP contribution in [0.5, 0.6) is 0 Å². The fourth-order valence-electron chi connectivity index (χ4n) is 3.67. The van der Waals surface area contributed by atoms with Crippen LogP contribution >= 0.6 is 0 Å². The largest absolute Gasteiger partial charge is 0.595 e. The number of carboxylic acids is 1. The molecule has 12 heteroatoms. The van der Waals surface area contributed by atoms with Crippen LogP contribution in [0.2, 0.25) is 0 Å². The van der Waals surface area contributed by atoms with Gasteiger partial charge < -0.3 is 25.3 Å². The van der Waals surface area contributed by atoms with Crippen LogP contribution in [0.3, 0.4) is 0 Å². The number of carboxylic acid groups (broad SMARTS) is 1. The summed E-state index contributed by atoms with van der Waals surface area (Å²) in [7, 11) is 6.89. The first-order chi connectivity index (χ1) is 17.0. The fourth-order valence-corrected chi connectivity index (χ4v) is 3.67. The lowest BCUT2D eigenvalue weighted by Gasteiger charge is -2.23. The van der Waals surface area contributed by atoms with Crippen LogP contribution < -0.4 is 25.7 Å². The van der Waals surface area contributed by atoms with E-state index in [1.807, 2.05) is 0 Å². The number of anilines is 3. The van der Waals surface area contributed by atoms with Crippen molar-refractivity contribution in [2.75, 3.05) is 43.4 Å². The van der Waals surface area contributed by atoms with E-state index in [4.69, 9.17) is 0 Å². The minimum Gasteiger partial charge on any atom is -0.595 e. The van der Waals surface area contributed by atoms with Gasteiger partial charge in [0.2, 0.25) is 0 Å². The van der Waals surface area contributed by atoms with Crippen LogP contribution in [-0.2, 0) is 0 Å². The highest BCUT2D eigenvalue weighted by Crippen LogP contribution is 2.27. The standard InChI is InChI=1S/C24H28N6O6/c1-27(2)19-11-9-15(13-21(19)29(33)34)23(26-25-18-8-6-5-7-17(18)24(31)32)16-10-12-20(28(3)4)22(14-16)30(35)36/h5-14,25,29-30,33,35H,1-4H3,(H,31,32). The van der Waals surface area contributed by atoms with Crippen molar-refractivity contribution >= 4 is 40.1 Å². The number of nitrogens with zero attached hydrogens (tertiary/aromatic N) is 3. The number of aromatic carboxylic acids is 1. The first-order valence-corrected chi connectivity index (χ1v) is 10.8. The van der Waals surface area contributed by atoms with Gasteiger partial charge in [0.1, 0.15) is 11.4 Å². The molecule has 190 valence electrons. The van der Waals surface area contributed by atoms with Gasteiger partial charge in [-0.05, 0) is 24.3 Å². The Bertz CT molecular complexity index is 1210. The lowest BCUT2D eigenvalue weighted by molar-refractivity contribution is -0.990. The molecule has 0 amide bonds. The summed E-state index contributed by atoms with van der Waals surface area (Å²) >= 11 is 0. The third-order valence-corrected chi connectivity index (χ3v) is 5.41. The van der Waals surface area contributed by atoms with Gasteiger partial charge in [-0.1, -0.05) is 24.3 Å². The molecule has 2 unspecified atom stereocenters. The van der Waals surface area contributed by atoms with Crippen LogP contribution in [0, 0.1) is 10.4 Å². The Labute approximate surface area is 207 Å². The zero-order valence-corrected chi connectivity index (χ0v) is 20.2. The Morgan fingerprint density at radius 1 is 0.833 bits per heavy atom. The molecule has 0 radical (unpaired) electrons. The summed E-state index contributed by atoms with van der Waals surface area (Å²) in [4.78, 5) is 15.0. The van der Waals surface area contributed by atoms with Gasteiger partial charge in [0.25, 0.3) is 0 Å². The van der Waals surface area contributed by atoms with E-state index in [-0.39, 0.29) is 28.3 Å². The number of rotatable bonds is 9. The van der Waals surface area contributed by atoms with Gasteiger partial charge in [0, 0.05) is 51.5 Å². The SMILES string of the molecule is CN(C)c1ccc(C(=NNc2ccccc2C(=O)O)c2ccc(N(C)C)c([NH+]([O-])O)c2)cc1[NH+]([O-])O. The van der Waals surface area contributed by atoms with E-state index in [2.05, 4.69) is 10.5 Å². The fraction of sp³-hybridized carbons (Fsp3) is 0.167. The Morgan fingerprint density at radius 2 is 1.31 bits per heavy atom. The van der Waals surface area contributed by atoms with E-state index in [9.17, 15) is 30.7 Å². The summed E-state index contributed by atoms with van der Waals surface area (Å²) in [5, 5.41) is 55.1. The third kappa shape index (κ3) is 5.78. The zero-order valence-electron chi connectivity index (χ0n) is 20.2.